The number of carbonyl (C=O) groups is 1. The van der Waals surface area contributed by atoms with E-state index in [0.717, 1.165) is 15.7 Å². The Labute approximate surface area is 137 Å². The molecule has 0 heterocycles. The predicted octanol–water partition coefficient (Wildman–Crippen LogP) is 4.64. The van der Waals surface area contributed by atoms with Gasteiger partial charge in [0, 0.05) is 23.2 Å². The quantitative estimate of drug-likeness (QED) is 0.827. The zero-order valence-electron chi connectivity index (χ0n) is 11.8. The van der Waals surface area contributed by atoms with Gasteiger partial charge in [-0.3, -0.25) is 4.79 Å². The fourth-order valence-corrected chi connectivity index (χ4v) is 2.91. The van der Waals surface area contributed by atoms with Crippen molar-refractivity contribution in [2.45, 2.75) is 13.0 Å². The highest BCUT2D eigenvalue weighted by Gasteiger charge is 2.12. The molecule has 0 aromatic heterocycles. The van der Waals surface area contributed by atoms with Crippen molar-refractivity contribution in [2.75, 3.05) is 12.4 Å². The Morgan fingerprint density at radius 2 is 1.95 bits per heavy atom. The lowest BCUT2D eigenvalue weighted by Gasteiger charge is -2.18. The molecule has 0 spiro atoms. The third-order valence-electron chi connectivity index (χ3n) is 3.19. The average molecular weight is 368 g/mol. The summed E-state index contributed by atoms with van der Waals surface area (Å²) in [5.41, 5.74) is 2.46. The molecule has 0 aliphatic rings. The molecule has 2 N–H and O–H groups in total. The van der Waals surface area contributed by atoms with Crippen molar-refractivity contribution in [2.24, 2.45) is 0 Å². The van der Waals surface area contributed by atoms with Gasteiger partial charge in [0.25, 0.3) is 5.91 Å². The van der Waals surface area contributed by atoms with E-state index in [1.807, 2.05) is 24.3 Å². The molecule has 0 radical (unpaired) electrons. The standard InChI is InChI=1S/C16H16BrClN2O/c1-10(12-5-3-4-6-14(12)17)20-11-7-8-15(18)13(9-11)16(21)19-2/h3-10,20H,1-2H3,(H,19,21). The van der Waals surface area contributed by atoms with Gasteiger partial charge in [-0.25, -0.2) is 0 Å². The van der Waals surface area contributed by atoms with Crippen LogP contribution < -0.4 is 10.6 Å². The van der Waals surface area contributed by atoms with Crippen molar-refractivity contribution in [1.29, 1.82) is 0 Å². The van der Waals surface area contributed by atoms with Gasteiger partial charge in [-0.1, -0.05) is 45.7 Å². The summed E-state index contributed by atoms with van der Waals surface area (Å²) in [7, 11) is 1.59. The molecule has 110 valence electrons. The zero-order chi connectivity index (χ0) is 15.4. The van der Waals surface area contributed by atoms with Crippen LogP contribution in [-0.4, -0.2) is 13.0 Å². The van der Waals surface area contributed by atoms with E-state index in [4.69, 9.17) is 11.6 Å². The van der Waals surface area contributed by atoms with Crippen LogP contribution >= 0.6 is 27.5 Å². The number of anilines is 1. The average Bonchev–Trinajstić information content (AvgIpc) is 2.48. The second-order valence-corrected chi connectivity index (χ2v) is 5.92. The van der Waals surface area contributed by atoms with Gasteiger partial charge in [-0.05, 0) is 36.8 Å². The molecule has 3 nitrogen and oxygen atoms in total. The first-order valence-corrected chi connectivity index (χ1v) is 7.72. The molecule has 0 bridgehead atoms. The van der Waals surface area contributed by atoms with E-state index in [9.17, 15) is 4.79 Å². The van der Waals surface area contributed by atoms with E-state index in [1.165, 1.54) is 0 Å². The molecule has 1 amide bonds. The molecule has 1 atom stereocenters. The lowest BCUT2D eigenvalue weighted by Crippen LogP contribution is -2.18. The fraction of sp³-hybridized carbons (Fsp3) is 0.188. The van der Waals surface area contributed by atoms with Gasteiger partial charge in [0.2, 0.25) is 0 Å². The van der Waals surface area contributed by atoms with Gasteiger partial charge >= 0.3 is 0 Å². The van der Waals surface area contributed by atoms with Crippen molar-refractivity contribution in [1.82, 2.24) is 5.32 Å². The fourth-order valence-electron chi connectivity index (χ4n) is 2.08. The first kappa shape index (κ1) is 15.9. The Bertz CT molecular complexity index is 660. The molecule has 21 heavy (non-hydrogen) atoms. The largest absolute Gasteiger partial charge is 0.378 e. The molecule has 2 rings (SSSR count). The normalized spacial score (nSPS) is 11.8. The smallest absolute Gasteiger partial charge is 0.252 e. The van der Waals surface area contributed by atoms with Crippen molar-refractivity contribution in [3.8, 4) is 0 Å². The van der Waals surface area contributed by atoms with Crippen molar-refractivity contribution in [3.63, 3.8) is 0 Å². The van der Waals surface area contributed by atoms with E-state index in [-0.39, 0.29) is 11.9 Å². The van der Waals surface area contributed by atoms with Crippen molar-refractivity contribution >= 4 is 39.1 Å². The maximum Gasteiger partial charge on any atom is 0.252 e. The van der Waals surface area contributed by atoms with Gasteiger partial charge in [0.05, 0.1) is 10.6 Å². The van der Waals surface area contributed by atoms with Crippen LogP contribution in [0.2, 0.25) is 5.02 Å². The number of carbonyl (C=O) groups excluding carboxylic acids is 1. The van der Waals surface area contributed by atoms with Crippen LogP contribution in [0.4, 0.5) is 5.69 Å². The first-order valence-electron chi connectivity index (χ1n) is 6.55. The molecule has 2 aromatic rings. The maximum atomic E-state index is 11.8. The summed E-state index contributed by atoms with van der Waals surface area (Å²) < 4.78 is 1.05. The molecular weight excluding hydrogens is 352 g/mol. The number of benzene rings is 2. The highest BCUT2D eigenvalue weighted by molar-refractivity contribution is 9.10. The number of hydrogen-bond acceptors (Lipinski definition) is 2. The van der Waals surface area contributed by atoms with Gasteiger partial charge in [0.15, 0.2) is 0 Å². The Balaban J connectivity index is 2.24. The van der Waals surface area contributed by atoms with E-state index in [1.54, 1.807) is 19.2 Å². The number of amides is 1. The highest BCUT2D eigenvalue weighted by atomic mass is 79.9. The molecule has 0 aliphatic carbocycles. The van der Waals surface area contributed by atoms with Crippen LogP contribution in [0.25, 0.3) is 0 Å². The summed E-state index contributed by atoms with van der Waals surface area (Å²) in [6.45, 7) is 2.06. The third kappa shape index (κ3) is 3.77. The number of nitrogens with one attached hydrogen (secondary N) is 2. The zero-order valence-corrected chi connectivity index (χ0v) is 14.1. The molecule has 0 saturated carbocycles. The lowest BCUT2D eigenvalue weighted by atomic mass is 10.1. The first-order chi connectivity index (χ1) is 10.0. The number of halogens is 2. The van der Waals surface area contributed by atoms with E-state index < -0.39 is 0 Å². The predicted molar refractivity (Wildman–Crippen MR) is 91.0 cm³/mol. The summed E-state index contributed by atoms with van der Waals surface area (Å²) >= 11 is 9.60. The van der Waals surface area contributed by atoms with Crippen LogP contribution in [0, 0.1) is 0 Å². The summed E-state index contributed by atoms with van der Waals surface area (Å²) in [5, 5.41) is 6.40. The van der Waals surface area contributed by atoms with E-state index in [0.29, 0.717) is 10.6 Å². The Hall–Kier alpha value is -1.52. The second-order valence-electron chi connectivity index (χ2n) is 4.66. The Morgan fingerprint density at radius 1 is 1.24 bits per heavy atom. The lowest BCUT2D eigenvalue weighted by molar-refractivity contribution is 0.0963. The number of rotatable bonds is 4. The van der Waals surface area contributed by atoms with Gasteiger partial charge < -0.3 is 10.6 Å². The van der Waals surface area contributed by atoms with Crippen LogP contribution in [-0.2, 0) is 0 Å². The summed E-state index contributed by atoms with van der Waals surface area (Å²) in [5.74, 6) is -0.197. The summed E-state index contributed by atoms with van der Waals surface area (Å²) in [4.78, 5) is 11.8. The van der Waals surface area contributed by atoms with E-state index >= 15 is 0 Å². The van der Waals surface area contributed by atoms with Gasteiger partial charge in [0.1, 0.15) is 0 Å². The molecule has 5 heteroatoms. The van der Waals surface area contributed by atoms with Crippen LogP contribution in [0.1, 0.15) is 28.9 Å². The van der Waals surface area contributed by atoms with Crippen molar-refractivity contribution in [3.05, 3.63) is 63.1 Å². The number of hydrogen-bond donors (Lipinski definition) is 2. The molecule has 2 aromatic carbocycles. The third-order valence-corrected chi connectivity index (χ3v) is 4.24. The Kier molecular flexibility index (Phi) is 5.26. The topological polar surface area (TPSA) is 41.1 Å². The summed E-state index contributed by atoms with van der Waals surface area (Å²) in [6, 6.07) is 13.5. The summed E-state index contributed by atoms with van der Waals surface area (Å²) in [6.07, 6.45) is 0. The van der Waals surface area contributed by atoms with Gasteiger partial charge in [-0.2, -0.15) is 0 Å². The maximum absolute atomic E-state index is 11.8. The minimum atomic E-state index is -0.197. The minimum Gasteiger partial charge on any atom is -0.378 e. The Morgan fingerprint density at radius 3 is 2.62 bits per heavy atom. The van der Waals surface area contributed by atoms with Gasteiger partial charge in [-0.15, -0.1) is 0 Å². The second kappa shape index (κ2) is 6.96. The molecular formula is C16H16BrClN2O. The SMILES string of the molecule is CNC(=O)c1cc(NC(C)c2ccccc2Br)ccc1Cl. The van der Waals surface area contributed by atoms with E-state index in [2.05, 4.69) is 39.6 Å². The van der Waals surface area contributed by atoms with Crippen LogP contribution in [0.5, 0.6) is 0 Å². The minimum absolute atomic E-state index is 0.0966. The van der Waals surface area contributed by atoms with Crippen LogP contribution in [0.15, 0.2) is 46.9 Å². The highest BCUT2D eigenvalue weighted by Crippen LogP contribution is 2.27. The molecule has 0 fully saturated rings. The van der Waals surface area contributed by atoms with Crippen LogP contribution in [0.3, 0.4) is 0 Å². The monoisotopic (exact) mass is 366 g/mol. The molecule has 0 aliphatic heterocycles. The molecule has 1 unspecified atom stereocenters. The van der Waals surface area contributed by atoms with Crippen molar-refractivity contribution < 1.29 is 4.79 Å². The molecule has 0 saturated heterocycles.